The minimum atomic E-state index is -0.0177. The Labute approximate surface area is 142 Å². The number of nitrogens with one attached hydrogen (secondary N) is 2. The number of hydrogen-bond acceptors (Lipinski definition) is 6. The van der Waals surface area contributed by atoms with Gasteiger partial charge in [0.05, 0.1) is 20.3 Å². The van der Waals surface area contributed by atoms with Gasteiger partial charge >= 0.3 is 0 Å². The molecule has 1 aromatic rings. The number of methoxy groups -OCH3 is 1. The molecule has 21 heavy (non-hydrogen) atoms. The van der Waals surface area contributed by atoms with E-state index in [0.29, 0.717) is 24.1 Å². The molecule has 0 aromatic heterocycles. The lowest BCUT2D eigenvalue weighted by Gasteiger charge is -2.13. The largest absolute Gasteiger partial charge is 0.493 e. The third kappa shape index (κ3) is 5.24. The van der Waals surface area contributed by atoms with Crippen LogP contribution in [-0.4, -0.2) is 44.0 Å². The van der Waals surface area contributed by atoms with Crippen LogP contribution in [0.25, 0.3) is 0 Å². The number of benzene rings is 1. The number of ether oxygens (including phenoxy) is 2. The summed E-state index contributed by atoms with van der Waals surface area (Å²) in [6, 6.07) is 6.11. The monoisotopic (exact) mass is 407 g/mol. The Hall–Kier alpha value is -1.22. The van der Waals surface area contributed by atoms with Crippen molar-refractivity contribution in [3.8, 4) is 11.5 Å². The van der Waals surface area contributed by atoms with Gasteiger partial charge in [0.15, 0.2) is 17.5 Å². The molecule has 0 bridgehead atoms. The fraction of sp³-hybridized carbons (Fsp3) is 0.500. The van der Waals surface area contributed by atoms with Crippen LogP contribution >= 0.6 is 24.0 Å². The second-order valence-corrected chi connectivity index (χ2v) is 4.65. The molecule has 1 unspecified atom stereocenters. The Bertz CT molecular complexity index is 483. The Morgan fingerprint density at radius 3 is 2.86 bits per heavy atom. The molecule has 0 saturated carbocycles. The van der Waals surface area contributed by atoms with E-state index < -0.39 is 0 Å². The van der Waals surface area contributed by atoms with E-state index in [1.807, 2.05) is 18.2 Å². The van der Waals surface area contributed by atoms with Gasteiger partial charge in [-0.25, -0.2) is 0 Å². The molecule has 1 heterocycles. The van der Waals surface area contributed by atoms with Gasteiger partial charge in [-0.2, -0.15) is 0 Å². The average Bonchev–Trinajstić information content (AvgIpc) is 2.89. The van der Waals surface area contributed by atoms with Gasteiger partial charge in [-0.1, -0.05) is 6.07 Å². The normalized spacial score (nSPS) is 16.5. The number of guanidine groups is 1. The lowest BCUT2D eigenvalue weighted by atomic mass is 10.2. The first-order valence-electron chi connectivity index (χ1n) is 6.68. The van der Waals surface area contributed by atoms with Crippen molar-refractivity contribution in [2.75, 3.05) is 26.9 Å². The van der Waals surface area contributed by atoms with Crippen molar-refractivity contribution in [2.45, 2.75) is 19.5 Å². The minimum Gasteiger partial charge on any atom is -0.493 e. The summed E-state index contributed by atoms with van der Waals surface area (Å²) < 4.78 is 10.7. The predicted octanol–water partition coefficient (Wildman–Crippen LogP) is 1.12. The zero-order valence-electron chi connectivity index (χ0n) is 12.3. The van der Waals surface area contributed by atoms with Crippen molar-refractivity contribution in [1.82, 2.24) is 10.6 Å². The van der Waals surface area contributed by atoms with E-state index in [1.54, 1.807) is 7.11 Å². The third-order valence-corrected chi connectivity index (χ3v) is 2.94. The first-order valence-corrected chi connectivity index (χ1v) is 6.68. The van der Waals surface area contributed by atoms with E-state index in [4.69, 9.17) is 14.6 Å². The smallest absolute Gasteiger partial charge is 0.191 e. The quantitative estimate of drug-likeness (QED) is 0.617. The first-order chi connectivity index (χ1) is 9.72. The molecule has 0 radical (unpaired) electrons. The molecular weight excluding hydrogens is 385 g/mol. The summed E-state index contributed by atoms with van der Waals surface area (Å²) in [6.45, 7) is 3.80. The van der Waals surface area contributed by atoms with Gasteiger partial charge in [0.2, 0.25) is 0 Å². The second-order valence-electron chi connectivity index (χ2n) is 4.65. The van der Waals surface area contributed by atoms with Crippen LogP contribution in [-0.2, 0) is 6.54 Å². The third-order valence-electron chi connectivity index (χ3n) is 2.94. The zero-order chi connectivity index (χ0) is 14.4. The topological polar surface area (TPSA) is 75.1 Å². The van der Waals surface area contributed by atoms with Crippen molar-refractivity contribution < 1.29 is 14.6 Å². The van der Waals surface area contributed by atoms with Crippen LogP contribution in [0.5, 0.6) is 11.5 Å². The lowest BCUT2D eigenvalue weighted by Crippen LogP contribution is -2.37. The van der Waals surface area contributed by atoms with Gasteiger partial charge in [-0.15, -0.1) is 24.0 Å². The zero-order valence-corrected chi connectivity index (χ0v) is 14.6. The maximum absolute atomic E-state index is 8.78. The molecule has 118 valence electrons. The number of rotatable bonds is 6. The van der Waals surface area contributed by atoms with Crippen LogP contribution in [0.2, 0.25) is 0 Å². The molecule has 3 N–H and O–H groups in total. The van der Waals surface area contributed by atoms with E-state index >= 15 is 0 Å². The number of halogens is 1. The Balaban J connectivity index is 0.00000220. The van der Waals surface area contributed by atoms with Crippen LogP contribution in [0.15, 0.2) is 23.2 Å². The van der Waals surface area contributed by atoms with Gasteiger partial charge in [0.1, 0.15) is 6.61 Å². The maximum Gasteiger partial charge on any atom is 0.191 e. The molecule has 0 spiro atoms. The summed E-state index contributed by atoms with van der Waals surface area (Å²) in [6.07, 6.45) is 0. The van der Waals surface area contributed by atoms with E-state index in [2.05, 4.69) is 22.5 Å². The highest BCUT2D eigenvalue weighted by molar-refractivity contribution is 14.0. The number of aliphatic imine (C=N–C) groups is 1. The summed E-state index contributed by atoms with van der Waals surface area (Å²) in [5, 5.41) is 15.3. The highest BCUT2D eigenvalue weighted by Crippen LogP contribution is 2.27. The van der Waals surface area contributed by atoms with E-state index in [9.17, 15) is 0 Å². The molecule has 7 heteroatoms. The summed E-state index contributed by atoms with van der Waals surface area (Å²) in [7, 11) is 1.60. The first kappa shape index (κ1) is 17.8. The molecule has 0 fully saturated rings. The van der Waals surface area contributed by atoms with Crippen molar-refractivity contribution in [2.24, 2.45) is 4.99 Å². The van der Waals surface area contributed by atoms with E-state index in [1.165, 1.54) is 0 Å². The van der Waals surface area contributed by atoms with Crippen LogP contribution < -0.4 is 20.1 Å². The fourth-order valence-electron chi connectivity index (χ4n) is 1.94. The SMILES string of the molecule is COc1cc(CNC2=NCC(C)N2)ccc1OCCO.I. The minimum absolute atomic E-state index is 0. The van der Waals surface area contributed by atoms with Crippen molar-refractivity contribution in [3.63, 3.8) is 0 Å². The molecule has 2 rings (SSSR count). The Kier molecular flexibility index (Phi) is 7.58. The molecule has 6 nitrogen and oxygen atoms in total. The highest BCUT2D eigenvalue weighted by atomic mass is 127. The summed E-state index contributed by atoms with van der Waals surface area (Å²) >= 11 is 0. The van der Waals surface area contributed by atoms with Crippen LogP contribution in [0.3, 0.4) is 0 Å². The Morgan fingerprint density at radius 2 is 2.24 bits per heavy atom. The average molecular weight is 407 g/mol. The van der Waals surface area contributed by atoms with Gasteiger partial charge in [-0.3, -0.25) is 4.99 Å². The Morgan fingerprint density at radius 1 is 1.43 bits per heavy atom. The fourth-order valence-corrected chi connectivity index (χ4v) is 1.94. The van der Waals surface area contributed by atoms with Crippen molar-refractivity contribution in [1.29, 1.82) is 0 Å². The molecule has 1 aliphatic heterocycles. The number of aliphatic hydroxyl groups is 1. The van der Waals surface area contributed by atoms with Gasteiger partial charge in [0, 0.05) is 12.6 Å². The molecule has 1 atom stereocenters. The van der Waals surface area contributed by atoms with Crippen LogP contribution in [0, 0.1) is 0 Å². The molecule has 0 saturated heterocycles. The number of nitrogens with zero attached hydrogens (tertiary/aromatic N) is 1. The molecule has 1 aromatic carbocycles. The molecule has 0 amide bonds. The summed E-state index contributed by atoms with van der Waals surface area (Å²) in [4.78, 5) is 4.34. The summed E-state index contributed by atoms with van der Waals surface area (Å²) in [5.74, 6) is 2.12. The number of hydrogen-bond donors (Lipinski definition) is 3. The highest BCUT2D eigenvalue weighted by Gasteiger charge is 2.12. The van der Waals surface area contributed by atoms with Crippen molar-refractivity contribution in [3.05, 3.63) is 23.8 Å². The van der Waals surface area contributed by atoms with E-state index in [0.717, 1.165) is 18.1 Å². The molecule has 1 aliphatic rings. The van der Waals surface area contributed by atoms with Gasteiger partial charge in [0.25, 0.3) is 0 Å². The van der Waals surface area contributed by atoms with Crippen LogP contribution in [0.1, 0.15) is 12.5 Å². The maximum atomic E-state index is 8.78. The lowest BCUT2D eigenvalue weighted by molar-refractivity contribution is 0.196. The second kappa shape index (κ2) is 8.93. The standard InChI is InChI=1S/C14H21N3O3.HI/c1-10-8-15-14(17-10)16-9-11-3-4-12(20-6-5-18)13(7-11)19-2;/h3-4,7,10,18H,5-6,8-9H2,1-2H3,(H2,15,16,17);1H. The molecular formula is C14H22IN3O3. The predicted molar refractivity (Wildman–Crippen MR) is 92.7 cm³/mol. The van der Waals surface area contributed by atoms with Gasteiger partial charge < -0.3 is 25.2 Å². The molecule has 0 aliphatic carbocycles. The van der Waals surface area contributed by atoms with E-state index in [-0.39, 0.29) is 37.2 Å². The number of aliphatic hydroxyl groups excluding tert-OH is 1. The summed E-state index contributed by atoms with van der Waals surface area (Å²) in [5.41, 5.74) is 1.07. The van der Waals surface area contributed by atoms with Crippen LogP contribution in [0.4, 0.5) is 0 Å². The van der Waals surface area contributed by atoms with Crippen molar-refractivity contribution >= 4 is 29.9 Å². The van der Waals surface area contributed by atoms with Gasteiger partial charge in [-0.05, 0) is 24.6 Å².